The van der Waals surface area contributed by atoms with E-state index in [0.29, 0.717) is 11.3 Å². The van der Waals surface area contributed by atoms with Crippen molar-refractivity contribution in [2.75, 3.05) is 5.73 Å². The average molecular weight is 347 g/mol. The Morgan fingerprint density at radius 2 is 1.81 bits per heavy atom. The lowest BCUT2D eigenvalue weighted by atomic mass is 9.95. The third-order valence-electron chi connectivity index (χ3n) is 3.37. The number of carbonyl (C=O) groups excluding carboxylic acids is 1. The Morgan fingerprint density at radius 3 is 2.43 bits per heavy atom. The number of hydrogen-bond acceptors (Lipinski definition) is 2. The molecule has 2 aromatic carbocycles. The van der Waals surface area contributed by atoms with Gasteiger partial charge in [-0.3, -0.25) is 4.79 Å². The third kappa shape index (κ3) is 3.85. The van der Waals surface area contributed by atoms with Crippen molar-refractivity contribution >= 4 is 27.5 Å². The van der Waals surface area contributed by atoms with E-state index in [2.05, 4.69) is 35.1 Å². The van der Waals surface area contributed by atoms with Gasteiger partial charge in [0.05, 0.1) is 11.6 Å². The molecule has 4 heteroatoms. The second-order valence-electron chi connectivity index (χ2n) is 5.34. The Kier molecular flexibility index (Phi) is 5.02. The Balaban J connectivity index is 2.25. The van der Waals surface area contributed by atoms with Crippen LogP contribution in [0.3, 0.4) is 0 Å². The molecule has 21 heavy (non-hydrogen) atoms. The van der Waals surface area contributed by atoms with Crippen LogP contribution in [0.1, 0.15) is 35.8 Å². The fraction of sp³-hybridized carbons (Fsp3) is 0.235. The first kappa shape index (κ1) is 15.6. The van der Waals surface area contributed by atoms with Crippen molar-refractivity contribution in [1.82, 2.24) is 5.32 Å². The molecule has 1 amide bonds. The summed E-state index contributed by atoms with van der Waals surface area (Å²) >= 11 is 3.37. The number of nitrogens with one attached hydrogen (secondary N) is 1. The van der Waals surface area contributed by atoms with E-state index in [1.54, 1.807) is 12.1 Å². The smallest absolute Gasteiger partial charge is 0.253 e. The Labute approximate surface area is 133 Å². The molecule has 0 saturated carbocycles. The van der Waals surface area contributed by atoms with Gasteiger partial charge in [0, 0.05) is 10.2 Å². The molecular formula is C17H19BrN2O. The Morgan fingerprint density at radius 1 is 1.14 bits per heavy atom. The first-order valence-corrected chi connectivity index (χ1v) is 7.69. The van der Waals surface area contributed by atoms with Gasteiger partial charge < -0.3 is 11.1 Å². The van der Waals surface area contributed by atoms with Crippen LogP contribution in [0.2, 0.25) is 0 Å². The summed E-state index contributed by atoms with van der Waals surface area (Å²) in [4.78, 5) is 12.5. The largest absolute Gasteiger partial charge is 0.398 e. The number of nitrogens with two attached hydrogens (primary N) is 1. The zero-order chi connectivity index (χ0) is 15.4. The standard InChI is InChI=1S/C17H19BrN2O/c1-11(2)16(12-6-4-3-5-7-12)20-17(21)14-10-13(18)8-9-15(14)19/h3-11,16H,19H2,1-2H3,(H,20,21). The Hall–Kier alpha value is -1.81. The molecule has 0 aliphatic carbocycles. The fourth-order valence-electron chi connectivity index (χ4n) is 2.24. The molecule has 0 saturated heterocycles. The molecule has 2 rings (SSSR count). The summed E-state index contributed by atoms with van der Waals surface area (Å²) in [6.07, 6.45) is 0. The van der Waals surface area contributed by atoms with Gasteiger partial charge in [-0.25, -0.2) is 0 Å². The number of halogens is 1. The van der Waals surface area contributed by atoms with E-state index in [1.807, 2.05) is 36.4 Å². The highest BCUT2D eigenvalue weighted by atomic mass is 79.9. The van der Waals surface area contributed by atoms with Gasteiger partial charge in [-0.15, -0.1) is 0 Å². The number of hydrogen-bond donors (Lipinski definition) is 2. The molecule has 0 fully saturated rings. The van der Waals surface area contributed by atoms with Crippen LogP contribution in [0.5, 0.6) is 0 Å². The van der Waals surface area contributed by atoms with E-state index in [9.17, 15) is 4.79 Å². The normalized spacial score (nSPS) is 12.2. The SMILES string of the molecule is CC(C)C(NC(=O)c1cc(Br)ccc1N)c1ccccc1. The van der Waals surface area contributed by atoms with E-state index in [0.717, 1.165) is 10.0 Å². The molecule has 0 aromatic heterocycles. The zero-order valence-corrected chi connectivity index (χ0v) is 13.7. The van der Waals surface area contributed by atoms with Crippen LogP contribution in [0.25, 0.3) is 0 Å². The lowest BCUT2D eigenvalue weighted by Crippen LogP contribution is -2.32. The van der Waals surface area contributed by atoms with E-state index in [1.165, 1.54) is 0 Å². The molecule has 3 nitrogen and oxygen atoms in total. The molecule has 3 N–H and O–H groups in total. The second kappa shape index (κ2) is 6.76. The first-order chi connectivity index (χ1) is 9.99. The number of nitrogen functional groups attached to an aromatic ring is 1. The highest BCUT2D eigenvalue weighted by Crippen LogP contribution is 2.24. The van der Waals surface area contributed by atoms with Crippen LogP contribution < -0.4 is 11.1 Å². The van der Waals surface area contributed by atoms with E-state index in [-0.39, 0.29) is 17.9 Å². The maximum Gasteiger partial charge on any atom is 0.253 e. The monoisotopic (exact) mass is 346 g/mol. The van der Waals surface area contributed by atoms with Crippen molar-refractivity contribution in [1.29, 1.82) is 0 Å². The minimum atomic E-state index is -0.156. The lowest BCUT2D eigenvalue weighted by Gasteiger charge is -2.23. The molecule has 1 atom stereocenters. The van der Waals surface area contributed by atoms with E-state index < -0.39 is 0 Å². The quantitative estimate of drug-likeness (QED) is 0.816. The van der Waals surface area contributed by atoms with E-state index >= 15 is 0 Å². The predicted octanol–water partition coefficient (Wildman–Crippen LogP) is 4.16. The molecule has 0 heterocycles. The van der Waals surface area contributed by atoms with Crippen LogP contribution in [0, 0.1) is 5.92 Å². The van der Waals surface area contributed by atoms with Gasteiger partial charge >= 0.3 is 0 Å². The number of carbonyl (C=O) groups is 1. The van der Waals surface area contributed by atoms with Crippen LogP contribution >= 0.6 is 15.9 Å². The third-order valence-corrected chi connectivity index (χ3v) is 3.87. The van der Waals surface area contributed by atoms with Gasteiger partial charge in [0.15, 0.2) is 0 Å². The second-order valence-corrected chi connectivity index (χ2v) is 6.25. The summed E-state index contributed by atoms with van der Waals surface area (Å²) in [5.74, 6) is 0.126. The number of anilines is 1. The van der Waals surface area contributed by atoms with Crippen molar-refractivity contribution in [2.45, 2.75) is 19.9 Å². The summed E-state index contributed by atoms with van der Waals surface area (Å²) in [7, 11) is 0. The van der Waals surface area contributed by atoms with Crippen molar-refractivity contribution < 1.29 is 4.79 Å². The van der Waals surface area contributed by atoms with Gasteiger partial charge in [-0.05, 0) is 29.7 Å². The predicted molar refractivity (Wildman–Crippen MR) is 90.0 cm³/mol. The first-order valence-electron chi connectivity index (χ1n) is 6.90. The Bertz CT molecular complexity index is 626. The highest BCUT2D eigenvalue weighted by Gasteiger charge is 2.20. The van der Waals surface area contributed by atoms with Crippen LogP contribution in [0.15, 0.2) is 53.0 Å². The highest BCUT2D eigenvalue weighted by molar-refractivity contribution is 9.10. The van der Waals surface area contributed by atoms with Gasteiger partial charge in [-0.2, -0.15) is 0 Å². The zero-order valence-electron chi connectivity index (χ0n) is 12.1. The average Bonchev–Trinajstić information content (AvgIpc) is 2.47. The number of benzene rings is 2. The molecule has 0 radical (unpaired) electrons. The minimum absolute atomic E-state index is 0.0444. The topological polar surface area (TPSA) is 55.1 Å². The van der Waals surface area contributed by atoms with E-state index in [4.69, 9.17) is 5.73 Å². The van der Waals surface area contributed by atoms with Crippen molar-refractivity contribution in [3.05, 3.63) is 64.1 Å². The van der Waals surface area contributed by atoms with Gasteiger partial charge in [0.25, 0.3) is 5.91 Å². The molecule has 0 aliphatic rings. The maximum absolute atomic E-state index is 12.5. The lowest BCUT2D eigenvalue weighted by molar-refractivity contribution is 0.0926. The molecule has 1 unspecified atom stereocenters. The minimum Gasteiger partial charge on any atom is -0.398 e. The summed E-state index contributed by atoms with van der Waals surface area (Å²) in [5.41, 5.74) is 7.96. The summed E-state index contributed by atoms with van der Waals surface area (Å²) in [6.45, 7) is 4.17. The molecule has 2 aromatic rings. The van der Waals surface area contributed by atoms with Crippen LogP contribution in [-0.2, 0) is 0 Å². The van der Waals surface area contributed by atoms with Crippen molar-refractivity contribution in [2.24, 2.45) is 5.92 Å². The maximum atomic E-state index is 12.5. The van der Waals surface area contributed by atoms with Crippen molar-refractivity contribution in [3.63, 3.8) is 0 Å². The van der Waals surface area contributed by atoms with Crippen molar-refractivity contribution in [3.8, 4) is 0 Å². The number of rotatable bonds is 4. The number of amides is 1. The molecule has 0 bridgehead atoms. The van der Waals surface area contributed by atoms with Gasteiger partial charge in [-0.1, -0.05) is 60.1 Å². The molecule has 0 aliphatic heterocycles. The summed E-state index contributed by atoms with van der Waals surface area (Å²) in [6, 6.07) is 15.2. The molecule has 0 spiro atoms. The van der Waals surface area contributed by atoms with Crippen LogP contribution in [0.4, 0.5) is 5.69 Å². The summed E-state index contributed by atoms with van der Waals surface area (Å²) < 4.78 is 0.836. The molecule has 110 valence electrons. The summed E-state index contributed by atoms with van der Waals surface area (Å²) in [5, 5.41) is 3.08. The van der Waals surface area contributed by atoms with Crippen LogP contribution in [-0.4, -0.2) is 5.91 Å². The van der Waals surface area contributed by atoms with Gasteiger partial charge in [0.1, 0.15) is 0 Å². The van der Waals surface area contributed by atoms with Gasteiger partial charge in [0.2, 0.25) is 0 Å². The fourth-order valence-corrected chi connectivity index (χ4v) is 2.60. The molecular weight excluding hydrogens is 328 g/mol.